The van der Waals surface area contributed by atoms with Gasteiger partial charge in [-0.15, -0.1) is 11.8 Å². The Kier molecular flexibility index (Phi) is 8.97. The Morgan fingerprint density at radius 2 is 1.40 bits per heavy atom. The van der Waals surface area contributed by atoms with Gasteiger partial charge in [0, 0.05) is 30.7 Å². The Morgan fingerprint density at radius 1 is 0.857 bits per heavy atom. The third-order valence-corrected chi connectivity index (χ3v) is 9.29. The second-order valence-electron chi connectivity index (χ2n) is 11.4. The zero-order chi connectivity index (χ0) is 29.6. The molecule has 0 spiro atoms. The number of amides is 2. The summed E-state index contributed by atoms with van der Waals surface area (Å²) in [4.78, 5) is 32.4. The number of ether oxygens (including phenoxy) is 1. The van der Waals surface area contributed by atoms with E-state index in [9.17, 15) is 9.59 Å². The maximum absolute atomic E-state index is 13.5. The van der Waals surface area contributed by atoms with Gasteiger partial charge in [-0.1, -0.05) is 91.0 Å². The molecule has 1 saturated heterocycles. The fourth-order valence-electron chi connectivity index (χ4n) is 5.50. The van der Waals surface area contributed by atoms with Gasteiger partial charge in [0.05, 0.1) is 16.4 Å². The zero-order valence-electron chi connectivity index (χ0n) is 24.3. The predicted octanol–water partition coefficient (Wildman–Crippen LogP) is 6.91. The van der Waals surface area contributed by atoms with E-state index in [0.29, 0.717) is 18.7 Å². The van der Waals surface area contributed by atoms with Crippen LogP contribution in [0.5, 0.6) is 0 Å². The molecule has 1 fully saturated rings. The number of hydrogen-bond acceptors (Lipinski definition) is 5. The third kappa shape index (κ3) is 6.52. The molecule has 1 aliphatic heterocycles. The second-order valence-corrected chi connectivity index (χ2v) is 12.9. The van der Waals surface area contributed by atoms with Crippen molar-refractivity contribution >= 4 is 23.8 Å². The number of nitrogens with zero attached hydrogens (tertiary/aromatic N) is 2. The van der Waals surface area contributed by atoms with Gasteiger partial charge in [-0.25, -0.2) is 4.79 Å². The molecular formula is C35H37N3O3S. The first-order valence-electron chi connectivity index (χ1n) is 14.3. The fraction of sp³-hybridized carbons (Fsp3) is 0.286. The SMILES string of the molecule is CC(C)(C)OC(=O)N1CC[C@@H](SC(c2ccccc2)(c2ccccc2)c2ccccc2)[C@H]1CNC(=O)c1cccnc1. The van der Waals surface area contributed by atoms with Gasteiger partial charge in [0.2, 0.25) is 0 Å². The first kappa shape index (κ1) is 29.4. The molecule has 0 bridgehead atoms. The summed E-state index contributed by atoms with van der Waals surface area (Å²) in [5.41, 5.74) is 3.31. The van der Waals surface area contributed by atoms with E-state index in [4.69, 9.17) is 4.74 Å². The Morgan fingerprint density at radius 3 is 1.88 bits per heavy atom. The molecule has 0 aliphatic carbocycles. The number of aromatic nitrogens is 1. The summed E-state index contributed by atoms with van der Waals surface area (Å²) in [5.74, 6) is -0.219. The first-order chi connectivity index (χ1) is 20.3. The van der Waals surface area contributed by atoms with Gasteiger partial charge >= 0.3 is 6.09 Å². The molecule has 1 N–H and O–H groups in total. The number of rotatable bonds is 8. The molecule has 4 aromatic rings. The summed E-state index contributed by atoms with van der Waals surface area (Å²) in [6.45, 7) is 6.44. The van der Waals surface area contributed by atoms with Crippen molar-refractivity contribution in [2.24, 2.45) is 0 Å². The van der Waals surface area contributed by atoms with E-state index in [1.165, 1.54) is 0 Å². The van der Waals surface area contributed by atoms with Gasteiger partial charge in [0.15, 0.2) is 0 Å². The van der Waals surface area contributed by atoms with Crippen LogP contribution in [0.2, 0.25) is 0 Å². The second kappa shape index (κ2) is 12.8. The summed E-state index contributed by atoms with van der Waals surface area (Å²) in [6, 6.07) is 34.8. The molecule has 1 aromatic heterocycles. The Bertz CT molecular complexity index is 1360. The minimum absolute atomic E-state index is 0.00710. The van der Waals surface area contributed by atoms with Crippen LogP contribution in [0.3, 0.4) is 0 Å². The Balaban J connectivity index is 1.55. The van der Waals surface area contributed by atoms with Gasteiger partial charge in [-0.05, 0) is 56.0 Å². The summed E-state index contributed by atoms with van der Waals surface area (Å²) in [7, 11) is 0. The van der Waals surface area contributed by atoms with E-state index in [0.717, 1.165) is 23.1 Å². The standard InChI is InChI=1S/C35H37N3O3S/c1-34(2,3)41-33(40)38-23-21-31(30(38)25-37-32(39)26-14-13-22-36-24-26)42-35(27-15-7-4-8-16-27,28-17-9-5-10-18-28)29-19-11-6-12-20-29/h4-20,22,24,30-31H,21,23,25H2,1-3H3,(H,37,39)/t30-,31-/m1/s1. The monoisotopic (exact) mass is 579 g/mol. The van der Waals surface area contributed by atoms with Crippen LogP contribution < -0.4 is 5.32 Å². The molecule has 2 heterocycles. The lowest BCUT2D eigenvalue weighted by Crippen LogP contribution is -2.48. The number of hydrogen-bond donors (Lipinski definition) is 1. The molecule has 1 aliphatic rings. The summed E-state index contributed by atoms with van der Waals surface area (Å²) in [5, 5.41) is 3.07. The summed E-state index contributed by atoms with van der Waals surface area (Å²) in [6.07, 6.45) is 3.58. The van der Waals surface area contributed by atoms with E-state index in [1.54, 1.807) is 29.4 Å². The smallest absolute Gasteiger partial charge is 0.410 e. The third-order valence-electron chi connectivity index (χ3n) is 7.38. The maximum Gasteiger partial charge on any atom is 0.410 e. The maximum atomic E-state index is 13.5. The molecule has 3 aromatic carbocycles. The Hall–Kier alpha value is -4.10. The molecule has 2 amide bonds. The van der Waals surface area contributed by atoms with Gasteiger partial charge < -0.3 is 15.0 Å². The van der Waals surface area contributed by atoms with E-state index in [1.807, 2.05) is 50.7 Å². The highest BCUT2D eigenvalue weighted by atomic mass is 32.2. The van der Waals surface area contributed by atoms with Crippen molar-refractivity contribution in [3.63, 3.8) is 0 Å². The number of benzene rings is 3. The van der Waals surface area contributed by atoms with Crippen LogP contribution >= 0.6 is 11.8 Å². The van der Waals surface area contributed by atoms with E-state index in [-0.39, 0.29) is 23.3 Å². The lowest BCUT2D eigenvalue weighted by Gasteiger charge is -2.39. The molecule has 5 rings (SSSR count). The van der Waals surface area contributed by atoms with Crippen LogP contribution in [0.4, 0.5) is 4.79 Å². The number of carbonyl (C=O) groups excluding carboxylic acids is 2. The molecule has 42 heavy (non-hydrogen) atoms. The van der Waals surface area contributed by atoms with Gasteiger partial charge in [-0.2, -0.15) is 0 Å². The number of nitrogens with one attached hydrogen (secondary N) is 1. The van der Waals surface area contributed by atoms with Crippen molar-refractivity contribution in [2.75, 3.05) is 13.1 Å². The molecule has 6 nitrogen and oxygen atoms in total. The molecule has 216 valence electrons. The van der Waals surface area contributed by atoms with Crippen LogP contribution in [-0.4, -0.2) is 51.9 Å². The van der Waals surface area contributed by atoms with Crippen LogP contribution in [0.1, 0.15) is 54.2 Å². The van der Waals surface area contributed by atoms with Gasteiger partial charge in [0.1, 0.15) is 5.60 Å². The van der Waals surface area contributed by atoms with Crippen LogP contribution in [-0.2, 0) is 9.48 Å². The highest BCUT2D eigenvalue weighted by molar-refractivity contribution is 8.01. The minimum atomic E-state index is -0.631. The average molecular weight is 580 g/mol. The largest absolute Gasteiger partial charge is 0.444 e. The molecule has 2 atom stereocenters. The molecular weight excluding hydrogens is 542 g/mol. The minimum Gasteiger partial charge on any atom is -0.444 e. The topological polar surface area (TPSA) is 71.5 Å². The van der Waals surface area contributed by atoms with E-state index >= 15 is 0 Å². The normalized spacial score (nSPS) is 17.1. The van der Waals surface area contributed by atoms with E-state index in [2.05, 4.69) is 83.1 Å². The molecule has 0 radical (unpaired) electrons. The number of thioether (sulfide) groups is 1. The number of carbonyl (C=O) groups is 2. The van der Waals surface area contributed by atoms with Crippen LogP contribution in [0, 0.1) is 0 Å². The van der Waals surface area contributed by atoms with Crippen molar-refractivity contribution < 1.29 is 14.3 Å². The van der Waals surface area contributed by atoms with Gasteiger partial charge in [0.25, 0.3) is 5.91 Å². The highest BCUT2D eigenvalue weighted by Gasteiger charge is 2.46. The zero-order valence-corrected chi connectivity index (χ0v) is 25.1. The number of pyridine rings is 1. The highest BCUT2D eigenvalue weighted by Crippen LogP contribution is 2.52. The van der Waals surface area contributed by atoms with Crippen molar-refractivity contribution in [3.05, 3.63) is 138 Å². The van der Waals surface area contributed by atoms with Crippen molar-refractivity contribution in [1.82, 2.24) is 15.2 Å². The lowest BCUT2D eigenvalue weighted by atomic mass is 9.84. The number of likely N-dealkylation sites (tertiary alicyclic amines) is 1. The average Bonchev–Trinajstić information content (AvgIpc) is 3.42. The predicted molar refractivity (Wildman–Crippen MR) is 169 cm³/mol. The molecule has 0 unspecified atom stereocenters. The lowest BCUT2D eigenvalue weighted by molar-refractivity contribution is 0.0226. The quantitative estimate of drug-likeness (QED) is 0.230. The Labute approximate surface area is 252 Å². The van der Waals surface area contributed by atoms with E-state index < -0.39 is 10.3 Å². The van der Waals surface area contributed by atoms with Crippen LogP contribution in [0.15, 0.2) is 116 Å². The molecule has 0 saturated carbocycles. The van der Waals surface area contributed by atoms with Gasteiger partial charge in [-0.3, -0.25) is 9.78 Å². The van der Waals surface area contributed by atoms with Crippen molar-refractivity contribution in [3.8, 4) is 0 Å². The fourth-order valence-corrected chi connectivity index (χ4v) is 7.39. The van der Waals surface area contributed by atoms with Crippen LogP contribution in [0.25, 0.3) is 0 Å². The summed E-state index contributed by atoms with van der Waals surface area (Å²) >= 11 is 1.84. The summed E-state index contributed by atoms with van der Waals surface area (Å²) < 4.78 is 5.28. The van der Waals surface area contributed by atoms with Crippen molar-refractivity contribution in [1.29, 1.82) is 0 Å². The molecule has 7 heteroatoms. The van der Waals surface area contributed by atoms with Crippen molar-refractivity contribution in [2.45, 2.75) is 48.8 Å². The first-order valence-corrected chi connectivity index (χ1v) is 15.2.